The number of fused-ring (bicyclic) bond motifs is 1. The van der Waals surface area contributed by atoms with E-state index in [1.807, 2.05) is 20.8 Å². The maximum absolute atomic E-state index is 14.4. The fourth-order valence-corrected chi connectivity index (χ4v) is 6.07. The van der Waals surface area contributed by atoms with Crippen molar-refractivity contribution in [3.63, 3.8) is 0 Å². The van der Waals surface area contributed by atoms with Gasteiger partial charge in [-0.05, 0) is 80.5 Å². The Kier molecular flexibility index (Phi) is 8.86. The van der Waals surface area contributed by atoms with Gasteiger partial charge in [0.1, 0.15) is 16.7 Å². The Balaban J connectivity index is 1.53. The van der Waals surface area contributed by atoms with E-state index >= 15 is 0 Å². The number of benzene rings is 2. The molecule has 228 valence electrons. The lowest BCUT2D eigenvalue weighted by Crippen LogP contribution is -2.49. The van der Waals surface area contributed by atoms with Crippen molar-refractivity contribution >= 4 is 34.9 Å². The van der Waals surface area contributed by atoms with Crippen LogP contribution in [0.5, 0.6) is 11.5 Å². The quantitative estimate of drug-likeness (QED) is 0.329. The summed E-state index contributed by atoms with van der Waals surface area (Å²) in [6, 6.07) is 9.54. The minimum atomic E-state index is -1.17. The molecule has 0 unspecified atom stereocenters. The molecule has 2 heterocycles. The second-order valence-corrected chi connectivity index (χ2v) is 12.7. The van der Waals surface area contributed by atoms with Gasteiger partial charge in [-0.25, -0.2) is 4.39 Å². The number of rotatable bonds is 8. The maximum Gasteiger partial charge on any atom is 0.273 e. The van der Waals surface area contributed by atoms with Crippen molar-refractivity contribution < 1.29 is 28.2 Å². The van der Waals surface area contributed by atoms with Crippen molar-refractivity contribution in [2.45, 2.75) is 77.0 Å². The van der Waals surface area contributed by atoms with E-state index < -0.39 is 35.1 Å². The third-order valence-corrected chi connectivity index (χ3v) is 8.22. The van der Waals surface area contributed by atoms with Gasteiger partial charge in [0.05, 0.1) is 5.69 Å². The summed E-state index contributed by atoms with van der Waals surface area (Å²) in [7, 11) is 0. The number of nitrogens with two attached hydrogens (primary N) is 1. The fourth-order valence-electron chi connectivity index (χ4n) is 5.32. The third-order valence-electron chi connectivity index (χ3n) is 7.37. The first-order valence-electron chi connectivity index (χ1n) is 14.3. The van der Waals surface area contributed by atoms with Crippen LogP contribution in [-0.2, 0) is 11.3 Å². The van der Waals surface area contributed by atoms with Crippen LogP contribution < -0.4 is 25.8 Å². The van der Waals surface area contributed by atoms with Crippen LogP contribution in [0.1, 0.15) is 90.2 Å². The molecular formula is C31H36FN5O5S. The molecule has 1 saturated carbocycles. The first-order chi connectivity index (χ1) is 20.5. The Morgan fingerprint density at radius 1 is 1.07 bits per heavy atom. The minimum absolute atomic E-state index is 0.0144. The van der Waals surface area contributed by atoms with E-state index in [4.69, 9.17) is 15.2 Å². The number of hydrogen-bond acceptors (Lipinski definition) is 8. The van der Waals surface area contributed by atoms with Crippen LogP contribution in [0.4, 0.5) is 10.1 Å². The lowest BCUT2D eigenvalue weighted by atomic mass is 9.95. The highest BCUT2D eigenvalue weighted by atomic mass is 32.1. The van der Waals surface area contributed by atoms with E-state index in [2.05, 4.69) is 15.0 Å². The molecule has 3 aromatic rings. The number of anilines is 1. The predicted octanol–water partition coefficient (Wildman–Crippen LogP) is 4.95. The van der Waals surface area contributed by atoms with Crippen LogP contribution in [0, 0.1) is 5.82 Å². The number of nitrogens with zero attached hydrogens (tertiary/aromatic N) is 2. The largest absolute Gasteiger partial charge is 0.454 e. The van der Waals surface area contributed by atoms with E-state index in [-0.39, 0.29) is 35.6 Å². The lowest BCUT2D eigenvalue weighted by molar-refractivity contribution is -0.127. The van der Waals surface area contributed by atoms with Gasteiger partial charge in [-0.3, -0.25) is 14.4 Å². The molecule has 2 aromatic carbocycles. The highest BCUT2D eigenvalue weighted by molar-refractivity contribution is 7.09. The van der Waals surface area contributed by atoms with Crippen molar-refractivity contribution in [2.24, 2.45) is 0 Å². The molecule has 1 aliphatic carbocycles. The van der Waals surface area contributed by atoms with Crippen LogP contribution in [0.2, 0.25) is 0 Å². The SMILES string of the molecule is CC(C)(C)NC(=O)[C@@H](c1ccc(F)cc1)N(Cc1ccc2c(c1)OCO2)C(=O)c1snc(C(=O)NC2CCCCC2)c1N. The maximum atomic E-state index is 14.4. The van der Waals surface area contributed by atoms with Gasteiger partial charge in [0, 0.05) is 18.1 Å². The zero-order chi connectivity index (χ0) is 30.7. The summed E-state index contributed by atoms with van der Waals surface area (Å²) >= 11 is 0.810. The van der Waals surface area contributed by atoms with E-state index in [1.165, 1.54) is 29.2 Å². The Labute approximate surface area is 253 Å². The second kappa shape index (κ2) is 12.6. The van der Waals surface area contributed by atoms with Crippen LogP contribution >= 0.6 is 11.5 Å². The van der Waals surface area contributed by atoms with Crippen molar-refractivity contribution in [3.05, 3.63) is 70.0 Å². The molecule has 0 spiro atoms. The normalized spacial score (nSPS) is 15.5. The van der Waals surface area contributed by atoms with Gasteiger partial charge in [0.2, 0.25) is 12.7 Å². The summed E-state index contributed by atoms with van der Waals surface area (Å²) in [6.07, 6.45) is 4.98. The van der Waals surface area contributed by atoms with Gasteiger partial charge in [-0.15, -0.1) is 0 Å². The molecule has 10 nitrogen and oxygen atoms in total. The molecule has 43 heavy (non-hydrogen) atoms. The Morgan fingerprint density at radius 3 is 2.47 bits per heavy atom. The van der Waals surface area contributed by atoms with Crippen molar-refractivity contribution in [1.29, 1.82) is 0 Å². The average Bonchev–Trinajstić information content (AvgIpc) is 3.59. The third kappa shape index (κ3) is 7.07. The van der Waals surface area contributed by atoms with Crippen LogP contribution in [0.3, 0.4) is 0 Å². The lowest BCUT2D eigenvalue weighted by Gasteiger charge is -2.33. The fraction of sp³-hybridized carbons (Fsp3) is 0.419. The van der Waals surface area contributed by atoms with Crippen LogP contribution in [0.25, 0.3) is 0 Å². The highest BCUT2D eigenvalue weighted by Gasteiger charge is 2.37. The van der Waals surface area contributed by atoms with Crippen LogP contribution in [-0.4, -0.2) is 45.4 Å². The number of hydrogen-bond donors (Lipinski definition) is 3. The molecule has 1 aromatic heterocycles. The summed E-state index contributed by atoms with van der Waals surface area (Å²) in [4.78, 5) is 42.7. The number of nitrogens with one attached hydrogen (secondary N) is 2. The first-order valence-corrected chi connectivity index (χ1v) is 15.1. The number of amides is 3. The Morgan fingerprint density at radius 2 is 1.77 bits per heavy atom. The molecule has 1 aliphatic heterocycles. The molecule has 2 aliphatic rings. The van der Waals surface area contributed by atoms with E-state index in [9.17, 15) is 18.8 Å². The summed E-state index contributed by atoms with van der Waals surface area (Å²) in [5.41, 5.74) is 6.77. The zero-order valence-corrected chi connectivity index (χ0v) is 25.3. The number of carbonyl (C=O) groups excluding carboxylic acids is 3. The van der Waals surface area contributed by atoms with Crippen molar-refractivity contribution in [3.8, 4) is 11.5 Å². The van der Waals surface area contributed by atoms with E-state index in [0.717, 1.165) is 43.6 Å². The van der Waals surface area contributed by atoms with Gasteiger partial charge < -0.3 is 30.7 Å². The number of ether oxygens (including phenoxy) is 2. The molecule has 1 atom stereocenters. The van der Waals surface area contributed by atoms with Crippen LogP contribution in [0.15, 0.2) is 42.5 Å². The van der Waals surface area contributed by atoms with Crippen molar-refractivity contribution in [2.75, 3.05) is 12.5 Å². The summed E-state index contributed by atoms with van der Waals surface area (Å²) < 4.78 is 29.2. The first kappa shape index (κ1) is 30.3. The van der Waals surface area contributed by atoms with Gasteiger partial charge >= 0.3 is 0 Å². The molecule has 0 saturated heterocycles. The van der Waals surface area contributed by atoms with E-state index in [0.29, 0.717) is 22.6 Å². The minimum Gasteiger partial charge on any atom is -0.454 e. The topological polar surface area (TPSA) is 136 Å². The molecule has 5 rings (SSSR count). The number of halogens is 1. The molecule has 12 heteroatoms. The average molecular weight is 610 g/mol. The molecule has 4 N–H and O–H groups in total. The highest BCUT2D eigenvalue weighted by Crippen LogP contribution is 2.35. The van der Waals surface area contributed by atoms with Gasteiger partial charge in [-0.2, -0.15) is 4.37 Å². The van der Waals surface area contributed by atoms with Crippen molar-refractivity contribution in [1.82, 2.24) is 19.9 Å². The molecule has 0 bridgehead atoms. The van der Waals surface area contributed by atoms with Gasteiger partial charge in [-0.1, -0.05) is 37.5 Å². The smallest absolute Gasteiger partial charge is 0.273 e. The van der Waals surface area contributed by atoms with Gasteiger partial charge in [0.15, 0.2) is 17.2 Å². The van der Waals surface area contributed by atoms with Gasteiger partial charge in [0.25, 0.3) is 11.8 Å². The number of nitrogen functional groups attached to an aromatic ring is 1. The Bertz CT molecular complexity index is 1500. The number of aromatic nitrogens is 1. The monoisotopic (exact) mass is 609 g/mol. The zero-order valence-electron chi connectivity index (χ0n) is 24.4. The number of carbonyl (C=O) groups is 3. The van der Waals surface area contributed by atoms with E-state index in [1.54, 1.807) is 18.2 Å². The second-order valence-electron chi connectivity index (χ2n) is 11.9. The molecule has 0 radical (unpaired) electrons. The molecule has 3 amide bonds. The standard InChI is InChI=1S/C31H36FN5O5S/c1-31(2,3)35-29(39)26(19-10-12-20(32)13-11-19)37(16-18-9-14-22-23(15-18)42-17-41-22)30(40)27-24(33)25(36-43-27)28(38)34-21-7-5-4-6-8-21/h9-15,21,26H,4-8,16-17,33H2,1-3H3,(H,34,38)(H,35,39)/t26-/m1/s1. The summed E-state index contributed by atoms with van der Waals surface area (Å²) in [5.74, 6) is -0.881. The summed E-state index contributed by atoms with van der Waals surface area (Å²) in [6.45, 7) is 5.53. The molecular weight excluding hydrogens is 573 g/mol. The molecule has 1 fully saturated rings. The summed E-state index contributed by atoms with van der Waals surface area (Å²) in [5, 5.41) is 5.95. The Hall–Kier alpha value is -4.19. The predicted molar refractivity (Wildman–Crippen MR) is 160 cm³/mol.